The Hall–Kier alpha value is -3.06. The molecule has 0 aromatic heterocycles. The van der Waals surface area contributed by atoms with E-state index in [-0.39, 0.29) is 24.3 Å². The zero-order chi connectivity index (χ0) is 20.0. The molecule has 2 aromatic carbocycles. The number of hydrogen-bond acceptors (Lipinski definition) is 4. The van der Waals surface area contributed by atoms with E-state index in [9.17, 15) is 14.4 Å². The molecule has 3 amide bonds. The minimum absolute atomic E-state index is 0.0225. The number of anilines is 3. The number of hydrogen-bond donors (Lipinski definition) is 3. The largest absolute Gasteiger partial charge is 0.374 e. The molecular formula is C19H21ClN4O3. The smallest absolute Gasteiger partial charge is 0.253 e. The first-order valence-electron chi connectivity index (χ1n) is 8.19. The molecular weight excluding hydrogens is 368 g/mol. The lowest BCUT2D eigenvalue weighted by Crippen LogP contribution is -2.23. The Morgan fingerprint density at radius 3 is 2.22 bits per heavy atom. The fourth-order valence-corrected chi connectivity index (χ4v) is 2.47. The lowest BCUT2D eigenvalue weighted by atomic mass is 10.2. The highest BCUT2D eigenvalue weighted by Crippen LogP contribution is 2.25. The van der Waals surface area contributed by atoms with Gasteiger partial charge in [-0.15, -0.1) is 0 Å². The van der Waals surface area contributed by atoms with Crippen LogP contribution in [0.15, 0.2) is 42.5 Å². The van der Waals surface area contributed by atoms with Crippen molar-refractivity contribution in [3.63, 3.8) is 0 Å². The molecule has 0 heterocycles. The Labute approximate surface area is 162 Å². The monoisotopic (exact) mass is 388 g/mol. The highest BCUT2D eigenvalue weighted by Gasteiger charge is 2.10. The topological polar surface area (TPSA) is 90.5 Å². The second-order valence-corrected chi connectivity index (χ2v) is 6.49. The normalized spacial score (nSPS) is 10.1. The average molecular weight is 389 g/mol. The van der Waals surface area contributed by atoms with Crippen LogP contribution in [0.25, 0.3) is 0 Å². The zero-order valence-corrected chi connectivity index (χ0v) is 16.1. The van der Waals surface area contributed by atoms with Crippen molar-refractivity contribution in [2.45, 2.75) is 6.92 Å². The number of rotatable bonds is 6. The summed E-state index contributed by atoms with van der Waals surface area (Å²) in [6, 6.07) is 11.6. The second kappa shape index (κ2) is 9.05. The summed E-state index contributed by atoms with van der Waals surface area (Å²) in [6.45, 7) is 1.38. The van der Waals surface area contributed by atoms with Crippen LogP contribution in [-0.4, -0.2) is 43.3 Å². The Bertz CT molecular complexity index is 851. The van der Waals surface area contributed by atoms with Gasteiger partial charge in [0.2, 0.25) is 11.8 Å². The predicted molar refractivity (Wildman–Crippen MR) is 107 cm³/mol. The Morgan fingerprint density at radius 2 is 1.63 bits per heavy atom. The van der Waals surface area contributed by atoms with Crippen LogP contribution >= 0.6 is 11.6 Å². The Morgan fingerprint density at radius 1 is 0.963 bits per heavy atom. The highest BCUT2D eigenvalue weighted by molar-refractivity contribution is 6.31. The molecule has 0 fully saturated rings. The number of nitrogens with zero attached hydrogens (tertiary/aromatic N) is 1. The van der Waals surface area contributed by atoms with Crippen LogP contribution in [0.3, 0.4) is 0 Å². The lowest BCUT2D eigenvalue weighted by molar-refractivity contribution is -0.115. The minimum Gasteiger partial charge on any atom is -0.374 e. The van der Waals surface area contributed by atoms with Crippen LogP contribution in [0.5, 0.6) is 0 Å². The van der Waals surface area contributed by atoms with Crippen LogP contribution in [0.4, 0.5) is 17.1 Å². The molecule has 142 valence electrons. The highest BCUT2D eigenvalue weighted by atomic mass is 35.5. The number of benzene rings is 2. The summed E-state index contributed by atoms with van der Waals surface area (Å²) in [5, 5.41) is 8.84. The molecule has 0 saturated carbocycles. The van der Waals surface area contributed by atoms with Gasteiger partial charge in [-0.2, -0.15) is 0 Å². The third-order valence-electron chi connectivity index (χ3n) is 3.55. The second-order valence-electron chi connectivity index (χ2n) is 6.05. The van der Waals surface area contributed by atoms with Crippen LogP contribution in [-0.2, 0) is 9.59 Å². The zero-order valence-electron chi connectivity index (χ0n) is 15.3. The third-order valence-corrected chi connectivity index (χ3v) is 3.79. The molecule has 2 rings (SSSR count). The van der Waals surface area contributed by atoms with Crippen molar-refractivity contribution >= 4 is 46.4 Å². The molecule has 27 heavy (non-hydrogen) atoms. The number of halogens is 1. The van der Waals surface area contributed by atoms with Gasteiger partial charge in [0.15, 0.2) is 0 Å². The lowest BCUT2D eigenvalue weighted by Gasteiger charge is -2.13. The molecule has 0 aliphatic rings. The standard InChI is InChI=1S/C19H21ClN4O3/c1-12(25)22-16-9-6-14(20)10-17(16)21-11-18(26)23-15-7-4-13(5-8-15)19(27)24(2)3/h4-10,21H,11H2,1-3H3,(H,22,25)(H,23,26). The molecule has 0 radical (unpaired) electrons. The van der Waals surface area contributed by atoms with Crippen molar-refractivity contribution in [3.8, 4) is 0 Å². The summed E-state index contributed by atoms with van der Waals surface area (Å²) in [5.74, 6) is -0.617. The van der Waals surface area contributed by atoms with Gasteiger partial charge in [0.1, 0.15) is 0 Å². The summed E-state index contributed by atoms with van der Waals surface area (Å²) in [7, 11) is 3.35. The van der Waals surface area contributed by atoms with Crippen molar-refractivity contribution < 1.29 is 14.4 Å². The van der Waals surface area contributed by atoms with E-state index in [1.165, 1.54) is 11.8 Å². The first kappa shape index (κ1) is 20.3. The molecule has 0 saturated heterocycles. The Kier molecular flexibility index (Phi) is 6.79. The molecule has 0 spiro atoms. The van der Waals surface area contributed by atoms with E-state index in [1.54, 1.807) is 56.6 Å². The summed E-state index contributed by atoms with van der Waals surface area (Å²) < 4.78 is 0. The number of carbonyl (C=O) groups is 3. The van der Waals surface area contributed by atoms with E-state index in [2.05, 4.69) is 16.0 Å². The predicted octanol–water partition coefficient (Wildman–Crippen LogP) is 3.05. The fourth-order valence-electron chi connectivity index (χ4n) is 2.30. The summed E-state index contributed by atoms with van der Waals surface area (Å²) in [5.41, 5.74) is 2.19. The van der Waals surface area contributed by atoms with E-state index in [0.717, 1.165) is 0 Å². The van der Waals surface area contributed by atoms with Crippen molar-refractivity contribution in [1.82, 2.24) is 4.90 Å². The molecule has 0 aliphatic heterocycles. The van der Waals surface area contributed by atoms with E-state index in [4.69, 9.17) is 11.6 Å². The summed E-state index contributed by atoms with van der Waals surface area (Å²) in [6.07, 6.45) is 0. The maximum Gasteiger partial charge on any atom is 0.253 e. The molecule has 0 atom stereocenters. The van der Waals surface area contributed by atoms with Gasteiger partial charge in [-0.05, 0) is 42.5 Å². The van der Waals surface area contributed by atoms with Gasteiger partial charge in [0.25, 0.3) is 5.91 Å². The van der Waals surface area contributed by atoms with Crippen molar-refractivity contribution in [3.05, 3.63) is 53.1 Å². The van der Waals surface area contributed by atoms with Crippen LogP contribution in [0.1, 0.15) is 17.3 Å². The third kappa shape index (κ3) is 6.00. The fraction of sp³-hybridized carbons (Fsp3) is 0.211. The van der Waals surface area contributed by atoms with Crippen molar-refractivity contribution in [2.75, 3.05) is 36.6 Å². The van der Waals surface area contributed by atoms with Gasteiger partial charge in [-0.25, -0.2) is 0 Å². The van der Waals surface area contributed by atoms with Crippen LogP contribution < -0.4 is 16.0 Å². The van der Waals surface area contributed by atoms with Gasteiger partial charge in [0.05, 0.1) is 17.9 Å². The molecule has 0 aliphatic carbocycles. The minimum atomic E-state index is -0.282. The van der Waals surface area contributed by atoms with Crippen molar-refractivity contribution in [1.29, 1.82) is 0 Å². The van der Waals surface area contributed by atoms with Gasteiger partial charge in [-0.1, -0.05) is 11.6 Å². The quantitative estimate of drug-likeness (QED) is 0.709. The first-order valence-corrected chi connectivity index (χ1v) is 8.56. The Balaban J connectivity index is 1.98. The van der Waals surface area contributed by atoms with Crippen molar-refractivity contribution in [2.24, 2.45) is 0 Å². The van der Waals surface area contributed by atoms with E-state index < -0.39 is 0 Å². The SMILES string of the molecule is CC(=O)Nc1ccc(Cl)cc1NCC(=O)Nc1ccc(C(=O)N(C)C)cc1. The van der Waals surface area contributed by atoms with Crippen LogP contribution in [0.2, 0.25) is 5.02 Å². The molecule has 7 nitrogen and oxygen atoms in total. The molecule has 0 unspecified atom stereocenters. The molecule has 0 bridgehead atoms. The van der Waals surface area contributed by atoms with E-state index in [1.807, 2.05) is 0 Å². The average Bonchev–Trinajstić information content (AvgIpc) is 2.61. The maximum absolute atomic E-state index is 12.2. The van der Waals surface area contributed by atoms with Gasteiger partial charge in [0, 0.05) is 37.3 Å². The van der Waals surface area contributed by atoms with Gasteiger partial charge in [-0.3, -0.25) is 14.4 Å². The van der Waals surface area contributed by atoms with E-state index in [0.29, 0.717) is 27.6 Å². The van der Waals surface area contributed by atoms with Gasteiger partial charge >= 0.3 is 0 Å². The first-order chi connectivity index (χ1) is 12.8. The van der Waals surface area contributed by atoms with Crippen LogP contribution in [0, 0.1) is 0 Å². The number of nitrogens with one attached hydrogen (secondary N) is 3. The summed E-state index contributed by atoms with van der Waals surface area (Å²) >= 11 is 5.98. The number of amides is 3. The van der Waals surface area contributed by atoms with Gasteiger partial charge < -0.3 is 20.9 Å². The van der Waals surface area contributed by atoms with E-state index >= 15 is 0 Å². The molecule has 8 heteroatoms. The number of carbonyl (C=O) groups excluding carboxylic acids is 3. The molecule has 3 N–H and O–H groups in total. The maximum atomic E-state index is 12.2. The summed E-state index contributed by atoms with van der Waals surface area (Å²) in [4.78, 5) is 36.8. The molecule has 2 aromatic rings.